The quantitative estimate of drug-likeness (QED) is 0.521. The van der Waals surface area contributed by atoms with E-state index in [1.54, 1.807) is 0 Å². The number of aliphatic hydroxyl groups is 1. The Hall–Kier alpha value is -2.84. The van der Waals surface area contributed by atoms with Crippen LogP contribution in [-0.4, -0.2) is 10.1 Å². The van der Waals surface area contributed by atoms with E-state index in [9.17, 15) is 5.11 Å². The molecule has 2 heteroatoms. The summed E-state index contributed by atoms with van der Waals surface area (Å²) in [6, 6.07) is 24.6. The predicted molar refractivity (Wildman–Crippen MR) is 107 cm³/mol. The maximum absolute atomic E-state index is 11.9. The second-order valence-electron chi connectivity index (χ2n) is 7.14. The first-order chi connectivity index (χ1) is 12.6. The highest BCUT2D eigenvalue weighted by molar-refractivity contribution is 5.83. The number of H-pyrrole nitrogens is 1. The summed E-state index contributed by atoms with van der Waals surface area (Å²) in [4.78, 5) is 3.33. The number of hydrogen-bond donors (Lipinski definition) is 2. The summed E-state index contributed by atoms with van der Waals surface area (Å²) in [5, 5.41) is 13.1. The second-order valence-corrected chi connectivity index (χ2v) is 7.14. The number of benzene rings is 3. The highest BCUT2D eigenvalue weighted by atomic mass is 16.3. The molecular weight excluding hydrogens is 318 g/mol. The third-order valence-corrected chi connectivity index (χ3v) is 5.11. The summed E-state index contributed by atoms with van der Waals surface area (Å²) < 4.78 is 0. The molecule has 0 spiro atoms. The molecule has 0 saturated carbocycles. The summed E-state index contributed by atoms with van der Waals surface area (Å²) in [5.74, 6) is 0. The van der Waals surface area contributed by atoms with Gasteiger partial charge in [-0.1, -0.05) is 77.9 Å². The van der Waals surface area contributed by atoms with Crippen LogP contribution in [0.2, 0.25) is 0 Å². The molecule has 1 heterocycles. The number of aromatic nitrogens is 1. The van der Waals surface area contributed by atoms with Gasteiger partial charge in [0.15, 0.2) is 0 Å². The zero-order chi connectivity index (χ0) is 18.1. The van der Waals surface area contributed by atoms with Crippen molar-refractivity contribution in [2.75, 3.05) is 0 Å². The molecule has 2 N–H and O–H groups in total. The third kappa shape index (κ3) is 2.93. The lowest BCUT2D eigenvalue weighted by Crippen LogP contribution is -2.30. The summed E-state index contributed by atoms with van der Waals surface area (Å²) >= 11 is 0. The largest absolute Gasteiger partial charge is 0.380 e. The molecule has 1 aromatic heterocycles. The van der Waals surface area contributed by atoms with Gasteiger partial charge in [-0.25, -0.2) is 0 Å². The van der Waals surface area contributed by atoms with Crippen LogP contribution < -0.4 is 0 Å². The van der Waals surface area contributed by atoms with Gasteiger partial charge in [0.05, 0.1) is 0 Å². The van der Waals surface area contributed by atoms with E-state index < -0.39 is 5.60 Å². The van der Waals surface area contributed by atoms with Crippen molar-refractivity contribution >= 4 is 10.9 Å². The SMILES string of the molecule is Cc1cccc(C(O)(Cc2c[nH]c3ccccc23)c2cccc(C)c2)c1. The molecule has 3 aromatic carbocycles. The molecular formula is C24H23NO. The van der Waals surface area contributed by atoms with Crippen molar-refractivity contribution in [3.63, 3.8) is 0 Å². The lowest BCUT2D eigenvalue weighted by Gasteiger charge is -2.30. The molecule has 0 radical (unpaired) electrons. The van der Waals surface area contributed by atoms with Gasteiger partial charge < -0.3 is 10.1 Å². The van der Waals surface area contributed by atoms with Crippen LogP contribution in [0.3, 0.4) is 0 Å². The molecule has 0 atom stereocenters. The van der Waals surface area contributed by atoms with Crippen LogP contribution in [0.25, 0.3) is 10.9 Å². The van der Waals surface area contributed by atoms with Gasteiger partial charge in [0.2, 0.25) is 0 Å². The van der Waals surface area contributed by atoms with Gasteiger partial charge in [-0.05, 0) is 36.6 Å². The molecule has 0 aliphatic carbocycles. The minimum Gasteiger partial charge on any atom is -0.380 e. The van der Waals surface area contributed by atoms with E-state index in [-0.39, 0.29) is 0 Å². The first-order valence-electron chi connectivity index (χ1n) is 8.98. The molecule has 0 fully saturated rings. The van der Waals surface area contributed by atoms with Crippen molar-refractivity contribution in [1.29, 1.82) is 0 Å². The van der Waals surface area contributed by atoms with Crippen LogP contribution in [0.4, 0.5) is 0 Å². The molecule has 0 bridgehead atoms. The van der Waals surface area contributed by atoms with Crippen LogP contribution in [0.1, 0.15) is 27.8 Å². The highest BCUT2D eigenvalue weighted by Crippen LogP contribution is 2.36. The van der Waals surface area contributed by atoms with E-state index in [2.05, 4.69) is 55.2 Å². The molecule has 0 aliphatic rings. The van der Waals surface area contributed by atoms with Gasteiger partial charge in [-0.3, -0.25) is 0 Å². The topological polar surface area (TPSA) is 36.0 Å². The van der Waals surface area contributed by atoms with Gasteiger partial charge in [0, 0.05) is 23.5 Å². The fourth-order valence-corrected chi connectivity index (χ4v) is 3.73. The summed E-state index contributed by atoms with van der Waals surface area (Å²) in [6.07, 6.45) is 2.53. The van der Waals surface area contributed by atoms with Crippen molar-refractivity contribution in [2.24, 2.45) is 0 Å². The molecule has 0 unspecified atom stereocenters. The number of aromatic amines is 1. The van der Waals surface area contributed by atoms with Crippen molar-refractivity contribution in [2.45, 2.75) is 25.9 Å². The molecule has 0 amide bonds. The minimum atomic E-state index is -1.08. The fourth-order valence-electron chi connectivity index (χ4n) is 3.73. The monoisotopic (exact) mass is 341 g/mol. The Morgan fingerprint density at radius 3 is 2.04 bits per heavy atom. The normalized spacial score (nSPS) is 11.8. The Labute approximate surface area is 154 Å². The maximum Gasteiger partial charge on any atom is 0.119 e. The smallest absolute Gasteiger partial charge is 0.119 e. The number of hydrogen-bond acceptors (Lipinski definition) is 1. The summed E-state index contributed by atoms with van der Waals surface area (Å²) in [7, 11) is 0. The lowest BCUT2D eigenvalue weighted by atomic mass is 9.80. The van der Waals surface area contributed by atoms with Crippen LogP contribution in [0, 0.1) is 13.8 Å². The fraction of sp³-hybridized carbons (Fsp3) is 0.167. The second kappa shape index (κ2) is 6.47. The van der Waals surface area contributed by atoms with E-state index >= 15 is 0 Å². The number of fused-ring (bicyclic) bond motifs is 1. The number of nitrogens with one attached hydrogen (secondary N) is 1. The van der Waals surface area contributed by atoms with Gasteiger partial charge in [-0.2, -0.15) is 0 Å². The highest BCUT2D eigenvalue weighted by Gasteiger charge is 2.33. The predicted octanol–water partition coefficient (Wildman–Crippen LogP) is 5.26. The van der Waals surface area contributed by atoms with Crippen LogP contribution in [0.5, 0.6) is 0 Å². The van der Waals surface area contributed by atoms with Gasteiger partial charge >= 0.3 is 0 Å². The Morgan fingerprint density at radius 2 is 1.42 bits per heavy atom. The van der Waals surface area contributed by atoms with Gasteiger partial charge in [0.25, 0.3) is 0 Å². The van der Waals surface area contributed by atoms with Crippen LogP contribution in [-0.2, 0) is 12.0 Å². The van der Waals surface area contributed by atoms with E-state index in [1.807, 2.05) is 42.6 Å². The Bertz CT molecular complexity index is 1010. The Morgan fingerprint density at radius 1 is 0.808 bits per heavy atom. The molecule has 2 nitrogen and oxygen atoms in total. The summed E-state index contributed by atoms with van der Waals surface area (Å²) in [5.41, 5.74) is 5.27. The molecule has 4 rings (SSSR count). The van der Waals surface area contributed by atoms with Crippen LogP contribution >= 0.6 is 0 Å². The Kier molecular flexibility index (Phi) is 4.14. The first-order valence-corrected chi connectivity index (χ1v) is 8.98. The van der Waals surface area contributed by atoms with Crippen LogP contribution in [0.15, 0.2) is 79.0 Å². The number of para-hydroxylation sites is 1. The maximum atomic E-state index is 11.9. The van der Waals surface area contributed by atoms with Crippen molar-refractivity contribution < 1.29 is 5.11 Å². The van der Waals surface area contributed by atoms with Crippen molar-refractivity contribution in [1.82, 2.24) is 4.98 Å². The number of rotatable bonds is 4. The zero-order valence-electron chi connectivity index (χ0n) is 15.2. The van der Waals surface area contributed by atoms with E-state index in [0.717, 1.165) is 38.7 Å². The van der Waals surface area contributed by atoms with Gasteiger partial charge in [0.1, 0.15) is 5.60 Å². The van der Waals surface area contributed by atoms with E-state index in [1.165, 1.54) is 0 Å². The first kappa shape index (κ1) is 16.6. The lowest BCUT2D eigenvalue weighted by molar-refractivity contribution is 0.0813. The standard InChI is InChI=1S/C24H23NO/c1-17-7-5-9-20(13-17)24(26,21-10-6-8-18(2)14-21)15-19-16-25-23-12-4-3-11-22(19)23/h3-14,16,25-26H,15H2,1-2H3. The molecule has 130 valence electrons. The Balaban J connectivity index is 1.88. The van der Waals surface area contributed by atoms with E-state index in [0.29, 0.717) is 6.42 Å². The van der Waals surface area contributed by atoms with Crippen molar-refractivity contribution in [3.8, 4) is 0 Å². The molecule has 4 aromatic rings. The number of aryl methyl sites for hydroxylation is 2. The molecule has 0 saturated heterocycles. The molecule has 0 aliphatic heterocycles. The third-order valence-electron chi connectivity index (χ3n) is 5.11. The average Bonchev–Trinajstić information content (AvgIpc) is 3.04. The minimum absolute atomic E-state index is 0.518. The van der Waals surface area contributed by atoms with Gasteiger partial charge in [-0.15, -0.1) is 0 Å². The van der Waals surface area contributed by atoms with E-state index in [4.69, 9.17) is 0 Å². The van der Waals surface area contributed by atoms with Crippen molar-refractivity contribution in [3.05, 3.63) is 107 Å². The summed E-state index contributed by atoms with van der Waals surface area (Å²) in [6.45, 7) is 4.12. The zero-order valence-corrected chi connectivity index (χ0v) is 15.2. The molecule has 26 heavy (non-hydrogen) atoms. The average molecular weight is 341 g/mol.